The van der Waals surface area contributed by atoms with Crippen LogP contribution in [0.4, 0.5) is 4.39 Å². The van der Waals surface area contributed by atoms with Gasteiger partial charge < -0.3 is 10.1 Å². The van der Waals surface area contributed by atoms with Gasteiger partial charge in [-0.25, -0.2) is 9.37 Å². The molecular weight excluding hydrogens is 231 g/mol. The summed E-state index contributed by atoms with van der Waals surface area (Å²) >= 11 is 5.59. The molecule has 0 fully saturated rings. The standard InChI is InChI=1S/C11H12ClFN2O/c12-11-8(13)6-10-9(15-11)5-7(14-10)3-1-2-4-16/h5-6,14,16H,1-4H2. The van der Waals surface area contributed by atoms with Crippen molar-refractivity contribution in [3.8, 4) is 0 Å². The van der Waals surface area contributed by atoms with Crippen LogP contribution in [0, 0.1) is 5.82 Å². The van der Waals surface area contributed by atoms with E-state index < -0.39 is 5.82 Å². The average molecular weight is 243 g/mol. The SMILES string of the molecule is OCCCCc1cc2nc(Cl)c(F)cc2[nH]1. The number of aromatic amines is 1. The number of unbranched alkanes of at least 4 members (excludes halogenated alkanes) is 1. The van der Waals surface area contributed by atoms with Gasteiger partial charge in [-0.2, -0.15) is 0 Å². The largest absolute Gasteiger partial charge is 0.396 e. The number of nitrogens with zero attached hydrogens (tertiary/aromatic N) is 1. The molecule has 2 aromatic heterocycles. The quantitative estimate of drug-likeness (QED) is 0.640. The first-order valence-electron chi connectivity index (χ1n) is 5.15. The van der Waals surface area contributed by atoms with Crippen molar-refractivity contribution in [3.05, 3.63) is 28.8 Å². The Bertz CT molecular complexity index is 459. The summed E-state index contributed by atoms with van der Waals surface area (Å²) in [6.45, 7) is 0.193. The van der Waals surface area contributed by atoms with Crippen molar-refractivity contribution < 1.29 is 9.50 Å². The van der Waals surface area contributed by atoms with Crippen LogP contribution in [0.15, 0.2) is 12.1 Å². The number of aliphatic hydroxyl groups excluding tert-OH is 1. The molecule has 0 amide bonds. The van der Waals surface area contributed by atoms with Crippen LogP contribution in [0.25, 0.3) is 11.0 Å². The molecule has 2 aromatic rings. The van der Waals surface area contributed by atoms with Crippen LogP contribution < -0.4 is 0 Å². The van der Waals surface area contributed by atoms with E-state index in [1.165, 1.54) is 6.07 Å². The lowest BCUT2D eigenvalue weighted by Crippen LogP contribution is -1.88. The van der Waals surface area contributed by atoms with Crippen LogP contribution in [0.5, 0.6) is 0 Å². The van der Waals surface area contributed by atoms with Gasteiger partial charge in [0, 0.05) is 18.4 Å². The third-order valence-corrected chi connectivity index (χ3v) is 2.69. The molecule has 0 aromatic carbocycles. The molecule has 0 saturated heterocycles. The predicted octanol–water partition coefficient (Wildman–Crippen LogP) is 2.67. The lowest BCUT2D eigenvalue weighted by atomic mass is 10.2. The molecule has 0 aliphatic heterocycles. The minimum atomic E-state index is -0.516. The van der Waals surface area contributed by atoms with Crippen molar-refractivity contribution in [2.24, 2.45) is 0 Å². The maximum atomic E-state index is 13.1. The van der Waals surface area contributed by atoms with E-state index >= 15 is 0 Å². The van der Waals surface area contributed by atoms with E-state index in [-0.39, 0.29) is 11.8 Å². The zero-order valence-electron chi connectivity index (χ0n) is 8.63. The summed E-state index contributed by atoms with van der Waals surface area (Å²) in [6, 6.07) is 3.21. The molecule has 0 atom stereocenters. The molecule has 5 heteroatoms. The van der Waals surface area contributed by atoms with Gasteiger partial charge in [0.1, 0.15) is 0 Å². The second-order valence-electron chi connectivity index (χ2n) is 3.67. The first-order chi connectivity index (χ1) is 7.70. The normalized spacial score (nSPS) is 11.2. The van der Waals surface area contributed by atoms with E-state index in [2.05, 4.69) is 9.97 Å². The second kappa shape index (κ2) is 4.80. The van der Waals surface area contributed by atoms with Gasteiger partial charge in [-0.15, -0.1) is 0 Å². The topological polar surface area (TPSA) is 48.9 Å². The Morgan fingerprint density at radius 2 is 2.19 bits per heavy atom. The maximum absolute atomic E-state index is 13.1. The summed E-state index contributed by atoms with van der Waals surface area (Å²) in [4.78, 5) is 7.01. The van der Waals surface area contributed by atoms with Gasteiger partial charge in [-0.1, -0.05) is 11.6 Å². The summed E-state index contributed by atoms with van der Waals surface area (Å²) in [5, 5.41) is 8.56. The van der Waals surface area contributed by atoms with Crippen LogP contribution in [0.3, 0.4) is 0 Å². The number of aliphatic hydroxyl groups is 1. The number of pyridine rings is 1. The molecule has 0 aliphatic rings. The van der Waals surface area contributed by atoms with Crippen LogP contribution in [0.2, 0.25) is 5.15 Å². The van der Waals surface area contributed by atoms with Gasteiger partial charge in [0.15, 0.2) is 11.0 Å². The van der Waals surface area contributed by atoms with E-state index in [9.17, 15) is 4.39 Å². The predicted molar refractivity (Wildman–Crippen MR) is 61.1 cm³/mol. The third kappa shape index (κ3) is 2.33. The summed E-state index contributed by atoms with van der Waals surface area (Å²) in [7, 11) is 0. The smallest absolute Gasteiger partial charge is 0.165 e. The minimum Gasteiger partial charge on any atom is -0.396 e. The number of hydrogen-bond donors (Lipinski definition) is 2. The summed E-state index contributed by atoms with van der Waals surface area (Å²) in [5.74, 6) is -0.516. The number of aryl methyl sites for hydroxylation is 1. The highest BCUT2D eigenvalue weighted by molar-refractivity contribution is 6.29. The molecule has 86 valence electrons. The van der Waals surface area contributed by atoms with E-state index in [0.717, 1.165) is 25.0 Å². The fourth-order valence-electron chi connectivity index (χ4n) is 1.63. The monoisotopic (exact) mass is 242 g/mol. The van der Waals surface area contributed by atoms with Crippen molar-refractivity contribution in [2.75, 3.05) is 6.61 Å². The van der Waals surface area contributed by atoms with Crippen molar-refractivity contribution in [1.82, 2.24) is 9.97 Å². The van der Waals surface area contributed by atoms with Gasteiger partial charge >= 0.3 is 0 Å². The number of hydrogen-bond acceptors (Lipinski definition) is 2. The van der Waals surface area contributed by atoms with Crippen LogP contribution >= 0.6 is 11.6 Å². The van der Waals surface area contributed by atoms with Gasteiger partial charge in [-0.05, 0) is 25.3 Å². The van der Waals surface area contributed by atoms with Crippen molar-refractivity contribution in [3.63, 3.8) is 0 Å². The summed E-state index contributed by atoms with van der Waals surface area (Å²) in [6.07, 6.45) is 2.47. The zero-order valence-corrected chi connectivity index (χ0v) is 9.39. The van der Waals surface area contributed by atoms with Crippen molar-refractivity contribution in [1.29, 1.82) is 0 Å². The van der Waals surface area contributed by atoms with Gasteiger partial charge in [0.05, 0.1) is 11.0 Å². The second-order valence-corrected chi connectivity index (χ2v) is 4.03. The number of halogens is 2. The highest BCUT2D eigenvalue weighted by Gasteiger charge is 2.07. The van der Waals surface area contributed by atoms with Crippen LogP contribution in [-0.2, 0) is 6.42 Å². The molecule has 0 saturated carbocycles. The van der Waals surface area contributed by atoms with E-state index in [1.54, 1.807) is 0 Å². The Labute approximate surface area is 97.3 Å². The highest BCUT2D eigenvalue weighted by Crippen LogP contribution is 2.20. The Balaban J connectivity index is 2.23. The van der Waals surface area contributed by atoms with E-state index in [1.807, 2.05) is 6.07 Å². The van der Waals surface area contributed by atoms with E-state index in [4.69, 9.17) is 16.7 Å². The summed E-state index contributed by atoms with van der Waals surface area (Å²) < 4.78 is 13.1. The number of H-pyrrole nitrogens is 1. The average Bonchev–Trinajstić information content (AvgIpc) is 2.61. The third-order valence-electron chi connectivity index (χ3n) is 2.42. The Morgan fingerprint density at radius 1 is 1.38 bits per heavy atom. The fraction of sp³-hybridized carbons (Fsp3) is 0.364. The van der Waals surface area contributed by atoms with E-state index in [0.29, 0.717) is 11.0 Å². The van der Waals surface area contributed by atoms with Crippen molar-refractivity contribution in [2.45, 2.75) is 19.3 Å². The van der Waals surface area contributed by atoms with Gasteiger partial charge in [0.25, 0.3) is 0 Å². The first kappa shape index (κ1) is 11.4. The highest BCUT2D eigenvalue weighted by atomic mass is 35.5. The maximum Gasteiger partial charge on any atom is 0.165 e. The molecule has 0 aliphatic carbocycles. The number of fused-ring (bicyclic) bond motifs is 1. The Hall–Kier alpha value is -1.13. The zero-order chi connectivity index (χ0) is 11.5. The number of nitrogens with one attached hydrogen (secondary N) is 1. The number of aromatic nitrogens is 2. The molecule has 2 N–H and O–H groups in total. The Kier molecular flexibility index (Phi) is 3.41. The minimum absolute atomic E-state index is 0.103. The van der Waals surface area contributed by atoms with Gasteiger partial charge in [-0.3, -0.25) is 0 Å². The molecule has 2 heterocycles. The molecule has 0 unspecified atom stereocenters. The number of rotatable bonds is 4. The lowest BCUT2D eigenvalue weighted by Gasteiger charge is -1.94. The molecule has 0 radical (unpaired) electrons. The Morgan fingerprint density at radius 3 is 2.94 bits per heavy atom. The van der Waals surface area contributed by atoms with Gasteiger partial charge in [0.2, 0.25) is 0 Å². The van der Waals surface area contributed by atoms with Crippen LogP contribution in [-0.4, -0.2) is 21.7 Å². The molecule has 16 heavy (non-hydrogen) atoms. The molecular formula is C11H12ClFN2O. The summed E-state index contributed by atoms with van der Waals surface area (Å²) in [5.41, 5.74) is 2.31. The fourth-order valence-corrected chi connectivity index (χ4v) is 1.77. The lowest BCUT2D eigenvalue weighted by molar-refractivity contribution is 0.284. The molecule has 0 spiro atoms. The first-order valence-corrected chi connectivity index (χ1v) is 5.53. The van der Waals surface area contributed by atoms with Crippen molar-refractivity contribution >= 4 is 22.6 Å². The molecule has 3 nitrogen and oxygen atoms in total. The molecule has 2 rings (SSSR count). The molecule has 0 bridgehead atoms. The van der Waals surface area contributed by atoms with Crippen LogP contribution in [0.1, 0.15) is 18.5 Å².